The Labute approximate surface area is 195 Å². The van der Waals surface area contributed by atoms with Gasteiger partial charge in [0.05, 0.1) is 24.8 Å². The van der Waals surface area contributed by atoms with Crippen LogP contribution in [0.4, 0.5) is 0 Å². The molecule has 0 unspecified atom stereocenters. The highest BCUT2D eigenvalue weighted by Gasteiger charge is 2.32. The van der Waals surface area contributed by atoms with Gasteiger partial charge in [-0.2, -0.15) is 15.1 Å². The molecular formula is C23H22N4O5S. The molecule has 2 aromatic rings. The quantitative estimate of drug-likeness (QED) is 0.443. The van der Waals surface area contributed by atoms with Crippen LogP contribution in [0.1, 0.15) is 12.5 Å². The highest BCUT2D eigenvalue weighted by Crippen LogP contribution is 2.31. The van der Waals surface area contributed by atoms with Gasteiger partial charge in [0.2, 0.25) is 0 Å². The van der Waals surface area contributed by atoms with E-state index in [1.807, 2.05) is 31.2 Å². The molecule has 2 aliphatic rings. The van der Waals surface area contributed by atoms with Gasteiger partial charge in [0.15, 0.2) is 34.0 Å². The summed E-state index contributed by atoms with van der Waals surface area (Å²) in [4.78, 5) is 16.4. The average Bonchev–Trinajstić information content (AvgIpc) is 3.29. The first kappa shape index (κ1) is 22.4. The second kappa shape index (κ2) is 10.2. The SMILES string of the molecule is CCOc1cc(/C=C2\C(=N)N3N=CSC3=NC2=O)ccc1OCCOc1ccccc1OC. The monoisotopic (exact) mass is 466 g/mol. The fourth-order valence-corrected chi connectivity index (χ4v) is 3.76. The molecule has 0 radical (unpaired) electrons. The number of nitrogens with zero attached hydrogens (tertiary/aromatic N) is 3. The molecule has 2 aromatic carbocycles. The van der Waals surface area contributed by atoms with Gasteiger partial charge in [0, 0.05) is 0 Å². The number of amidine groups is 2. The lowest BCUT2D eigenvalue weighted by Crippen LogP contribution is -2.35. The van der Waals surface area contributed by atoms with Crippen LogP contribution in [0.3, 0.4) is 0 Å². The second-order valence-electron chi connectivity index (χ2n) is 6.74. The maximum absolute atomic E-state index is 12.4. The number of rotatable bonds is 9. The molecule has 0 saturated carbocycles. The largest absolute Gasteiger partial charge is 0.493 e. The summed E-state index contributed by atoms with van der Waals surface area (Å²) < 4.78 is 22.6. The number of carbonyl (C=O) groups is 1. The highest BCUT2D eigenvalue weighted by atomic mass is 32.2. The zero-order valence-electron chi connectivity index (χ0n) is 18.1. The van der Waals surface area contributed by atoms with Gasteiger partial charge in [-0.1, -0.05) is 18.2 Å². The third-order valence-electron chi connectivity index (χ3n) is 4.64. The van der Waals surface area contributed by atoms with Gasteiger partial charge in [-0.3, -0.25) is 10.2 Å². The molecule has 0 fully saturated rings. The molecule has 0 aliphatic carbocycles. The summed E-state index contributed by atoms with van der Waals surface area (Å²) in [6, 6.07) is 12.7. The van der Waals surface area contributed by atoms with Crippen LogP contribution in [0.5, 0.6) is 23.0 Å². The summed E-state index contributed by atoms with van der Waals surface area (Å²) in [6.45, 7) is 2.93. The minimum Gasteiger partial charge on any atom is -0.493 e. The normalized spacial score (nSPS) is 16.0. The topological polar surface area (TPSA) is 106 Å². The molecule has 2 aliphatic heterocycles. The number of benzene rings is 2. The van der Waals surface area contributed by atoms with Gasteiger partial charge in [-0.25, -0.2) is 0 Å². The number of hydrogen-bond acceptors (Lipinski definition) is 8. The van der Waals surface area contributed by atoms with E-state index >= 15 is 0 Å². The zero-order chi connectivity index (χ0) is 23.2. The number of aliphatic imine (C=N–C) groups is 1. The summed E-state index contributed by atoms with van der Waals surface area (Å²) in [7, 11) is 1.59. The van der Waals surface area contributed by atoms with Crippen molar-refractivity contribution >= 4 is 40.3 Å². The number of amides is 1. The van der Waals surface area contributed by atoms with Crippen molar-refractivity contribution in [3.8, 4) is 23.0 Å². The summed E-state index contributed by atoms with van der Waals surface area (Å²) in [5, 5.41) is 14.1. The predicted molar refractivity (Wildman–Crippen MR) is 128 cm³/mol. The molecular weight excluding hydrogens is 444 g/mol. The maximum Gasteiger partial charge on any atom is 0.283 e. The molecule has 0 atom stereocenters. The molecule has 4 rings (SSSR count). The third-order valence-corrected chi connectivity index (χ3v) is 5.32. The van der Waals surface area contributed by atoms with E-state index in [0.29, 0.717) is 53.5 Å². The predicted octanol–water partition coefficient (Wildman–Crippen LogP) is 3.80. The standard InChI is InChI=1S/C23H22N4O5S/c1-3-30-20-13-15(12-16-21(24)27-23(26-22(16)28)33-14-25-27)8-9-19(20)32-11-10-31-18-7-5-4-6-17(18)29-2/h4-9,12-14,24H,3,10-11H2,1-2H3/b16-12+,24-21?. The van der Waals surface area contributed by atoms with E-state index in [4.69, 9.17) is 24.4 Å². The molecule has 0 bridgehead atoms. The fraction of sp³-hybridized carbons (Fsp3) is 0.217. The Balaban J connectivity index is 1.45. The Hall–Kier alpha value is -3.79. The smallest absolute Gasteiger partial charge is 0.283 e. The Morgan fingerprint density at radius 2 is 1.76 bits per heavy atom. The van der Waals surface area contributed by atoms with E-state index in [-0.39, 0.29) is 11.4 Å². The molecule has 33 heavy (non-hydrogen) atoms. The van der Waals surface area contributed by atoms with E-state index in [9.17, 15) is 4.79 Å². The fourth-order valence-electron chi connectivity index (χ4n) is 3.15. The van der Waals surface area contributed by atoms with Crippen LogP contribution in [-0.4, -0.2) is 54.4 Å². The summed E-state index contributed by atoms with van der Waals surface area (Å²) in [6.07, 6.45) is 1.60. The summed E-state index contributed by atoms with van der Waals surface area (Å²) in [5.41, 5.74) is 2.37. The number of nitrogens with one attached hydrogen (secondary N) is 1. The molecule has 0 spiro atoms. The minimum absolute atomic E-state index is 0.0157. The number of methoxy groups -OCH3 is 1. The molecule has 2 heterocycles. The number of ether oxygens (including phenoxy) is 4. The molecule has 10 heteroatoms. The highest BCUT2D eigenvalue weighted by molar-refractivity contribution is 8.25. The number of fused-ring (bicyclic) bond motifs is 1. The van der Waals surface area contributed by atoms with Crippen molar-refractivity contribution in [1.82, 2.24) is 5.01 Å². The van der Waals surface area contributed by atoms with Crippen LogP contribution >= 0.6 is 11.8 Å². The Bertz CT molecular complexity index is 1160. The van der Waals surface area contributed by atoms with Crippen molar-refractivity contribution in [1.29, 1.82) is 5.41 Å². The third kappa shape index (κ3) is 5.01. The number of hydrogen-bond donors (Lipinski definition) is 1. The van der Waals surface area contributed by atoms with Gasteiger partial charge in [0.1, 0.15) is 13.2 Å². The first-order valence-corrected chi connectivity index (χ1v) is 11.1. The Morgan fingerprint density at radius 1 is 1.03 bits per heavy atom. The molecule has 0 saturated heterocycles. The van der Waals surface area contributed by atoms with E-state index in [1.54, 1.807) is 36.9 Å². The molecule has 9 nitrogen and oxygen atoms in total. The van der Waals surface area contributed by atoms with Gasteiger partial charge >= 0.3 is 0 Å². The molecule has 1 amide bonds. The number of para-hydroxylation sites is 2. The molecule has 1 N–H and O–H groups in total. The van der Waals surface area contributed by atoms with Crippen molar-refractivity contribution in [2.45, 2.75) is 6.92 Å². The van der Waals surface area contributed by atoms with Gasteiger partial charge < -0.3 is 18.9 Å². The number of hydrazone groups is 1. The summed E-state index contributed by atoms with van der Waals surface area (Å²) >= 11 is 1.20. The van der Waals surface area contributed by atoms with Crippen molar-refractivity contribution < 1.29 is 23.7 Å². The number of thioether (sulfide) groups is 1. The first-order valence-electron chi connectivity index (χ1n) is 10.2. The second-order valence-corrected chi connectivity index (χ2v) is 7.56. The zero-order valence-corrected chi connectivity index (χ0v) is 18.9. The summed E-state index contributed by atoms with van der Waals surface area (Å²) in [5.74, 6) is 1.88. The molecule has 170 valence electrons. The average molecular weight is 467 g/mol. The van der Waals surface area contributed by atoms with Crippen molar-refractivity contribution in [3.63, 3.8) is 0 Å². The van der Waals surface area contributed by atoms with Crippen molar-refractivity contribution in [2.24, 2.45) is 10.1 Å². The van der Waals surface area contributed by atoms with Crippen LogP contribution in [0.2, 0.25) is 0 Å². The van der Waals surface area contributed by atoms with Crippen molar-refractivity contribution in [2.75, 3.05) is 26.9 Å². The van der Waals surface area contributed by atoms with Crippen LogP contribution in [0.15, 0.2) is 58.1 Å². The van der Waals surface area contributed by atoms with E-state index in [0.717, 1.165) is 0 Å². The van der Waals surface area contributed by atoms with Crippen LogP contribution < -0.4 is 18.9 Å². The maximum atomic E-state index is 12.4. The number of carbonyl (C=O) groups excluding carboxylic acids is 1. The van der Waals surface area contributed by atoms with E-state index in [1.165, 1.54) is 16.8 Å². The van der Waals surface area contributed by atoms with Gasteiger partial charge in [0.25, 0.3) is 5.91 Å². The minimum atomic E-state index is -0.476. The lowest BCUT2D eigenvalue weighted by molar-refractivity contribution is -0.114. The van der Waals surface area contributed by atoms with Crippen molar-refractivity contribution in [3.05, 3.63) is 53.6 Å². The first-order chi connectivity index (χ1) is 16.1. The molecule has 0 aromatic heterocycles. The Kier molecular flexibility index (Phi) is 6.94. The van der Waals surface area contributed by atoms with Crippen LogP contribution in [0.25, 0.3) is 6.08 Å². The van der Waals surface area contributed by atoms with E-state index in [2.05, 4.69) is 10.1 Å². The lowest BCUT2D eigenvalue weighted by atomic mass is 10.1. The van der Waals surface area contributed by atoms with Gasteiger partial charge in [-0.15, -0.1) is 0 Å². The van der Waals surface area contributed by atoms with Gasteiger partial charge in [-0.05, 0) is 54.6 Å². The van der Waals surface area contributed by atoms with Crippen LogP contribution in [0, 0.1) is 5.41 Å². The van der Waals surface area contributed by atoms with E-state index < -0.39 is 5.91 Å². The van der Waals surface area contributed by atoms with Crippen LogP contribution in [-0.2, 0) is 4.79 Å². The Morgan fingerprint density at radius 3 is 2.48 bits per heavy atom. The lowest BCUT2D eigenvalue weighted by Gasteiger charge is -2.20.